The Kier molecular flexibility index (Phi) is 7.28. The van der Waals surface area contributed by atoms with Gasteiger partial charge in [-0.2, -0.15) is 0 Å². The van der Waals surface area contributed by atoms with Crippen molar-refractivity contribution in [3.8, 4) is 0 Å². The third-order valence-electron chi connectivity index (χ3n) is 3.27. The summed E-state index contributed by atoms with van der Waals surface area (Å²) in [5.41, 5.74) is 2.34. The van der Waals surface area contributed by atoms with Crippen LogP contribution in [0.25, 0.3) is 0 Å². The Morgan fingerprint density at radius 1 is 1.24 bits per heavy atom. The van der Waals surface area contributed by atoms with Gasteiger partial charge in [-0.3, -0.25) is 9.59 Å². The highest BCUT2D eigenvalue weighted by atomic mass is 35.5. The minimum absolute atomic E-state index is 0.185. The van der Waals surface area contributed by atoms with E-state index < -0.39 is 18.0 Å². The third kappa shape index (κ3) is 6.76. The number of anilines is 1. The Morgan fingerprint density at radius 3 is 2.60 bits per heavy atom. The number of esters is 1. The van der Waals surface area contributed by atoms with Crippen molar-refractivity contribution in [3.05, 3.63) is 58.7 Å². The number of pyridine rings is 1. The molecule has 0 fully saturated rings. The Hall–Kier alpha value is -2.05. The topological polar surface area (TPSA) is 68.3 Å². The molecule has 0 bridgehead atoms. The minimum atomic E-state index is -0.898. The zero-order valence-electron chi connectivity index (χ0n) is 14.0. The molecule has 0 saturated carbocycles. The number of amides is 1. The van der Waals surface area contributed by atoms with Crippen LogP contribution < -0.4 is 5.32 Å². The first-order valence-corrected chi connectivity index (χ1v) is 9.22. The van der Waals surface area contributed by atoms with Gasteiger partial charge in [-0.1, -0.05) is 41.4 Å². The molecule has 5 nitrogen and oxygen atoms in total. The number of rotatable bonds is 7. The van der Waals surface area contributed by atoms with Crippen LogP contribution in [0.1, 0.15) is 18.1 Å². The first-order chi connectivity index (χ1) is 11.9. The smallest absolute Gasteiger partial charge is 0.316 e. The summed E-state index contributed by atoms with van der Waals surface area (Å²) >= 11 is 7.18. The summed E-state index contributed by atoms with van der Waals surface area (Å²) in [6.45, 7) is 3.55. The summed E-state index contributed by atoms with van der Waals surface area (Å²) in [7, 11) is 0. The molecular formula is C18H19ClN2O3S. The number of carbonyl (C=O) groups is 2. The highest BCUT2D eigenvalue weighted by molar-refractivity contribution is 7.99. The SMILES string of the molecule is Cc1ccc(CSCC(=O)O[C@H](C)C(=O)Nc2ccc(Cl)cn2)cc1. The summed E-state index contributed by atoms with van der Waals surface area (Å²) in [5, 5.41) is 3.04. The van der Waals surface area contributed by atoms with Crippen LogP contribution in [0, 0.1) is 6.92 Å². The maximum atomic E-state index is 12.0. The molecule has 0 saturated heterocycles. The summed E-state index contributed by atoms with van der Waals surface area (Å²) in [5.74, 6) is 0.386. The number of aryl methyl sites for hydroxylation is 1. The quantitative estimate of drug-likeness (QED) is 0.741. The second-order valence-electron chi connectivity index (χ2n) is 5.46. The van der Waals surface area contributed by atoms with Gasteiger partial charge in [0.2, 0.25) is 0 Å². The van der Waals surface area contributed by atoms with E-state index in [2.05, 4.69) is 10.3 Å². The van der Waals surface area contributed by atoms with Crippen LogP contribution in [0.4, 0.5) is 5.82 Å². The molecule has 0 aliphatic carbocycles. The van der Waals surface area contributed by atoms with Gasteiger partial charge >= 0.3 is 5.97 Å². The molecule has 1 N–H and O–H groups in total. The van der Waals surface area contributed by atoms with Crippen LogP contribution in [-0.2, 0) is 20.1 Å². The van der Waals surface area contributed by atoms with E-state index in [4.69, 9.17) is 16.3 Å². The predicted molar refractivity (Wildman–Crippen MR) is 101 cm³/mol. The average Bonchev–Trinajstić information content (AvgIpc) is 2.58. The van der Waals surface area contributed by atoms with E-state index in [-0.39, 0.29) is 5.75 Å². The van der Waals surface area contributed by atoms with Crippen LogP contribution >= 0.6 is 23.4 Å². The second-order valence-corrected chi connectivity index (χ2v) is 6.88. The summed E-state index contributed by atoms with van der Waals surface area (Å²) in [6, 6.07) is 11.3. The Bertz CT molecular complexity index is 720. The Labute approximate surface area is 156 Å². The van der Waals surface area contributed by atoms with Gasteiger partial charge in [0, 0.05) is 11.9 Å². The van der Waals surface area contributed by atoms with Crippen molar-refractivity contribution in [2.45, 2.75) is 25.7 Å². The van der Waals surface area contributed by atoms with E-state index in [1.165, 1.54) is 30.4 Å². The molecule has 0 aliphatic heterocycles. The maximum absolute atomic E-state index is 12.0. The Morgan fingerprint density at radius 2 is 1.96 bits per heavy atom. The number of nitrogens with zero attached hydrogens (tertiary/aromatic N) is 1. The fourth-order valence-electron chi connectivity index (χ4n) is 1.90. The number of ether oxygens (including phenoxy) is 1. The molecule has 1 heterocycles. The van der Waals surface area contributed by atoms with Crippen molar-refractivity contribution in [1.29, 1.82) is 0 Å². The van der Waals surface area contributed by atoms with Crippen molar-refractivity contribution in [1.82, 2.24) is 4.98 Å². The zero-order valence-corrected chi connectivity index (χ0v) is 15.6. The minimum Gasteiger partial charge on any atom is -0.452 e. The molecule has 2 aromatic rings. The molecule has 2 rings (SSSR count). The van der Waals surface area contributed by atoms with Crippen LogP contribution in [0.5, 0.6) is 0 Å². The molecule has 0 radical (unpaired) electrons. The van der Waals surface area contributed by atoms with Gasteiger partial charge in [-0.15, -0.1) is 11.8 Å². The van der Waals surface area contributed by atoms with Crippen molar-refractivity contribution in [3.63, 3.8) is 0 Å². The lowest BCUT2D eigenvalue weighted by atomic mass is 10.2. The molecule has 7 heteroatoms. The van der Waals surface area contributed by atoms with Crippen LogP contribution in [0.3, 0.4) is 0 Å². The number of carbonyl (C=O) groups excluding carboxylic acids is 2. The summed E-state index contributed by atoms with van der Waals surface area (Å²) in [4.78, 5) is 27.8. The van der Waals surface area contributed by atoms with Gasteiger partial charge in [0.05, 0.1) is 10.8 Å². The van der Waals surface area contributed by atoms with Gasteiger partial charge in [0.15, 0.2) is 6.10 Å². The number of aromatic nitrogens is 1. The van der Waals surface area contributed by atoms with E-state index in [1.807, 2.05) is 31.2 Å². The largest absolute Gasteiger partial charge is 0.452 e. The molecular weight excluding hydrogens is 360 g/mol. The van der Waals surface area contributed by atoms with E-state index in [9.17, 15) is 9.59 Å². The lowest BCUT2D eigenvalue weighted by Gasteiger charge is -2.13. The van der Waals surface area contributed by atoms with Gasteiger partial charge in [-0.25, -0.2) is 4.98 Å². The molecule has 1 aromatic heterocycles. The lowest BCUT2D eigenvalue weighted by molar-refractivity contribution is -0.150. The fraction of sp³-hybridized carbons (Fsp3) is 0.278. The highest BCUT2D eigenvalue weighted by Gasteiger charge is 2.18. The molecule has 1 aromatic carbocycles. The predicted octanol–water partition coefficient (Wildman–Crippen LogP) is 3.85. The molecule has 1 atom stereocenters. The van der Waals surface area contributed by atoms with Crippen molar-refractivity contribution in [2.75, 3.05) is 11.1 Å². The first kappa shape index (κ1) is 19.3. The molecule has 1 amide bonds. The number of benzene rings is 1. The van der Waals surface area contributed by atoms with Gasteiger partial charge in [0.25, 0.3) is 5.91 Å². The van der Waals surface area contributed by atoms with Crippen LogP contribution in [0.2, 0.25) is 5.02 Å². The van der Waals surface area contributed by atoms with Gasteiger partial charge in [0.1, 0.15) is 5.82 Å². The first-order valence-electron chi connectivity index (χ1n) is 7.69. The van der Waals surface area contributed by atoms with Crippen LogP contribution in [-0.4, -0.2) is 28.7 Å². The standard InChI is InChI=1S/C18H19ClN2O3S/c1-12-3-5-14(6-4-12)10-25-11-17(22)24-13(2)18(23)21-16-8-7-15(19)9-20-16/h3-9,13H,10-11H2,1-2H3,(H,20,21,23)/t13-/m1/s1. The lowest BCUT2D eigenvalue weighted by Crippen LogP contribution is -2.30. The third-order valence-corrected chi connectivity index (χ3v) is 4.47. The number of thioether (sulfide) groups is 1. The maximum Gasteiger partial charge on any atom is 0.316 e. The summed E-state index contributed by atoms with van der Waals surface area (Å²) < 4.78 is 5.14. The number of hydrogen-bond acceptors (Lipinski definition) is 5. The van der Waals surface area contributed by atoms with Gasteiger partial charge < -0.3 is 10.1 Å². The van der Waals surface area contributed by atoms with Crippen molar-refractivity contribution in [2.24, 2.45) is 0 Å². The molecule has 0 aliphatic rings. The molecule has 0 unspecified atom stereocenters. The van der Waals surface area contributed by atoms with Crippen LogP contribution in [0.15, 0.2) is 42.6 Å². The normalized spacial score (nSPS) is 11.6. The molecule has 25 heavy (non-hydrogen) atoms. The summed E-state index contributed by atoms with van der Waals surface area (Å²) in [6.07, 6.45) is 0.528. The van der Waals surface area contributed by atoms with E-state index in [1.54, 1.807) is 12.1 Å². The molecule has 132 valence electrons. The second kappa shape index (κ2) is 9.44. The Balaban J connectivity index is 1.72. The highest BCUT2D eigenvalue weighted by Crippen LogP contribution is 2.14. The monoisotopic (exact) mass is 378 g/mol. The van der Waals surface area contributed by atoms with E-state index in [0.717, 1.165) is 5.56 Å². The number of hydrogen-bond donors (Lipinski definition) is 1. The average molecular weight is 379 g/mol. The number of nitrogens with one attached hydrogen (secondary N) is 1. The van der Waals surface area contributed by atoms with Crippen molar-refractivity contribution < 1.29 is 14.3 Å². The number of halogens is 1. The fourth-order valence-corrected chi connectivity index (χ4v) is 2.78. The zero-order chi connectivity index (χ0) is 18.2. The van der Waals surface area contributed by atoms with E-state index in [0.29, 0.717) is 16.6 Å². The molecule has 0 spiro atoms. The van der Waals surface area contributed by atoms with Crippen molar-refractivity contribution >= 4 is 41.1 Å². The van der Waals surface area contributed by atoms with E-state index >= 15 is 0 Å². The van der Waals surface area contributed by atoms with Gasteiger partial charge in [-0.05, 0) is 31.5 Å².